The van der Waals surface area contributed by atoms with Gasteiger partial charge < -0.3 is 5.11 Å². The molecular formula is C12H16N2O2. The molecule has 0 radical (unpaired) electrons. The highest BCUT2D eigenvalue weighted by molar-refractivity contribution is 5.82. The average Bonchev–Trinajstić information content (AvgIpc) is 2.60. The summed E-state index contributed by atoms with van der Waals surface area (Å²) in [5.41, 5.74) is 0.861. The Kier molecular flexibility index (Phi) is 2.73. The zero-order valence-electron chi connectivity index (χ0n) is 9.55. The lowest BCUT2D eigenvalue weighted by atomic mass is 10.3. The van der Waals surface area contributed by atoms with Crippen molar-refractivity contribution in [3.63, 3.8) is 0 Å². The van der Waals surface area contributed by atoms with Gasteiger partial charge in [0, 0.05) is 25.1 Å². The number of hydrogen-bond acceptors (Lipinski definition) is 3. The average molecular weight is 220 g/mol. The Morgan fingerprint density at radius 3 is 2.75 bits per heavy atom. The second-order valence-corrected chi connectivity index (χ2v) is 4.23. The zero-order chi connectivity index (χ0) is 11.7. The summed E-state index contributed by atoms with van der Waals surface area (Å²) in [6.07, 6.45) is 0.536. The number of phenolic OH excluding ortho intramolecular Hbond substituents is 1. The molecule has 1 heterocycles. The van der Waals surface area contributed by atoms with Crippen molar-refractivity contribution in [1.82, 2.24) is 5.01 Å². The Labute approximate surface area is 95.1 Å². The van der Waals surface area contributed by atoms with E-state index in [1.165, 1.54) is 0 Å². The Bertz CT molecular complexity index is 404. The van der Waals surface area contributed by atoms with E-state index in [9.17, 15) is 9.90 Å². The number of carbonyl (C=O) groups excluding carboxylic acids is 1. The fraction of sp³-hybridized carbons (Fsp3) is 0.417. The molecule has 0 aliphatic carbocycles. The minimum Gasteiger partial charge on any atom is -0.508 e. The van der Waals surface area contributed by atoms with E-state index in [-0.39, 0.29) is 17.7 Å². The predicted molar refractivity (Wildman–Crippen MR) is 62.1 cm³/mol. The van der Waals surface area contributed by atoms with Crippen LogP contribution in [0.4, 0.5) is 5.69 Å². The molecule has 0 saturated carbocycles. The van der Waals surface area contributed by atoms with Gasteiger partial charge in [0.2, 0.25) is 5.91 Å². The number of anilines is 1. The van der Waals surface area contributed by atoms with Crippen LogP contribution in [0.3, 0.4) is 0 Å². The van der Waals surface area contributed by atoms with Crippen LogP contribution < -0.4 is 5.01 Å². The largest absolute Gasteiger partial charge is 0.508 e. The maximum atomic E-state index is 11.7. The molecule has 0 atom stereocenters. The highest BCUT2D eigenvalue weighted by Crippen LogP contribution is 2.26. The maximum absolute atomic E-state index is 11.7. The molecule has 1 aromatic rings. The van der Waals surface area contributed by atoms with Crippen LogP contribution in [0.1, 0.15) is 20.3 Å². The van der Waals surface area contributed by atoms with E-state index in [2.05, 4.69) is 0 Å². The van der Waals surface area contributed by atoms with Gasteiger partial charge in [0.05, 0.1) is 5.69 Å². The lowest BCUT2D eigenvalue weighted by Gasteiger charge is -2.32. The molecule has 1 fully saturated rings. The summed E-state index contributed by atoms with van der Waals surface area (Å²) in [4.78, 5) is 11.7. The van der Waals surface area contributed by atoms with E-state index >= 15 is 0 Å². The zero-order valence-corrected chi connectivity index (χ0v) is 9.55. The molecule has 1 aromatic carbocycles. The molecule has 0 aromatic heterocycles. The van der Waals surface area contributed by atoms with Crippen LogP contribution in [0, 0.1) is 0 Å². The molecule has 1 aliphatic rings. The van der Waals surface area contributed by atoms with Gasteiger partial charge in [-0.1, -0.05) is 6.07 Å². The van der Waals surface area contributed by atoms with Crippen molar-refractivity contribution >= 4 is 11.6 Å². The second-order valence-electron chi connectivity index (χ2n) is 4.23. The summed E-state index contributed by atoms with van der Waals surface area (Å²) in [5, 5.41) is 13.1. The van der Waals surface area contributed by atoms with Crippen molar-refractivity contribution in [2.24, 2.45) is 0 Å². The van der Waals surface area contributed by atoms with Crippen molar-refractivity contribution in [2.75, 3.05) is 11.6 Å². The highest BCUT2D eigenvalue weighted by atomic mass is 16.3. The number of hydrazine groups is 1. The van der Waals surface area contributed by atoms with E-state index in [1.54, 1.807) is 23.2 Å². The molecule has 4 heteroatoms. The third-order valence-electron chi connectivity index (χ3n) is 2.67. The first-order chi connectivity index (χ1) is 7.59. The monoisotopic (exact) mass is 220 g/mol. The summed E-state index contributed by atoms with van der Waals surface area (Å²) in [5.74, 6) is 0.360. The Morgan fingerprint density at radius 2 is 2.12 bits per heavy atom. The minimum atomic E-state index is 0.136. The van der Waals surface area contributed by atoms with Gasteiger partial charge in [-0.15, -0.1) is 0 Å². The van der Waals surface area contributed by atoms with Crippen molar-refractivity contribution in [3.8, 4) is 5.75 Å². The number of hydrogen-bond donors (Lipinski definition) is 1. The van der Waals surface area contributed by atoms with Crippen LogP contribution in [0.2, 0.25) is 0 Å². The number of phenols is 1. The smallest absolute Gasteiger partial charge is 0.243 e. The molecule has 1 saturated heterocycles. The third kappa shape index (κ3) is 1.83. The van der Waals surface area contributed by atoms with Crippen molar-refractivity contribution < 1.29 is 9.90 Å². The molecule has 0 bridgehead atoms. The number of amides is 1. The van der Waals surface area contributed by atoms with E-state index in [0.29, 0.717) is 13.0 Å². The van der Waals surface area contributed by atoms with Gasteiger partial charge in [0.25, 0.3) is 0 Å². The molecule has 4 nitrogen and oxygen atoms in total. The van der Waals surface area contributed by atoms with Gasteiger partial charge >= 0.3 is 0 Å². The number of nitrogens with zero attached hydrogens (tertiary/aromatic N) is 2. The lowest BCUT2D eigenvalue weighted by molar-refractivity contribution is -0.129. The van der Waals surface area contributed by atoms with Crippen LogP contribution in [0.5, 0.6) is 5.75 Å². The van der Waals surface area contributed by atoms with Gasteiger partial charge in [0.1, 0.15) is 5.75 Å². The van der Waals surface area contributed by atoms with Crippen LogP contribution >= 0.6 is 0 Å². The summed E-state index contributed by atoms with van der Waals surface area (Å²) in [7, 11) is 0. The van der Waals surface area contributed by atoms with Crippen molar-refractivity contribution in [1.29, 1.82) is 0 Å². The maximum Gasteiger partial charge on any atom is 0.243 e. The molecule has 16 heavy (non-hydrogen) atoms. The van der Waals surface area contributed by atoms with Crippen molar-refractivity contribution in [2.45, 2.75) is 26.3 Å². The fourth-order valence-electron chi connectivity index (χ4n) is 2.03. The van der Waals surface area contributed by atoms with Crippen LogP contribution in [0.25, 0.3) is 0 Å². The first-order valence-corrected chi connectivity index (χ1v) is 5.48. The Hall–Kier alpha value is -1.71. The highest BCUT2D eigenvalue weighted by Gasteiger charge is 2.31. The summed E-state index contributed by atoms with van der Waals surface area (Å²) >= 11 is 0. The van der Waals surface area contributed by atoms with Gasteiger partial charge in [0.15, 0.2) is 0 Å². The van der Waals surface area contributed by atoms with Gasteiger partial charge in [-0.25, -0.2) is 0 Å². The van der Waals surface area contributed by atoms with E-state index in [4.69, 9.17) is 0 Å². The van der Waals surface area contributed by atoms with Crippen LogP contribution in [0.15, 0.2) is 24.3 Å². The van der Waals surface area contributed by atoms with Crippen LogP contribution in [-0.2, 0) is 4.79 Å². The SMILES string of the molecule is CC(C)N1C(=O)CCN1c1cccc(O)c1. The van der Waals surface area contributed by atoms with E-state index in [0.717, 1.165) is 5.69 Å². The molecule has 86 valence electrons. The molecule has 1 aliphatic heterocycles. The number of aromatic hydroxyl groups is 1. The molecule has 1 N–H and O–H groups in total. The second kappa shape index (κ2) is 4.04. The van der Waals surface area contributed by atoms with Crippen LogP contribution in [-0.4, -0.2) is 28.6 Å². The van der Waals surface area contributed by atoms with E-state index < -0.39 is 0 Å². The van der Waals surface area contributed by atoms with Crippen molar-refractivity contribution in [3.05, 3.63) is 24.3 Å². The Morgan fingerprint density at radius 1 is 1.38 bits per heavy atom. The molecule has 0 spiro atoms. The fourth-order valence-corrected chi connectivity index (χ4v) is 2.03. The first kappa shape index (κ1) is 10.8. The number of carbonyl (C=O) groups is 1. The third-order valence-corrected chi connectivity index (χ3v) is 2.67. The van der Waals surface area contributed by atoms with Gasteiger partial charge in [-0.2, -0.15) is 0 Å². The number of benzene rings is 1. The minimum absolute atomic E-state index is 0.136. The van der Waals surface area contributed by atoms with Gasteiger partial charge in [-0.05, 0) is 26.0 Å². The lowest BCUT2D eigenvalue weighted by Crippen LogP contribution is -2.43. The standard InChI is InChI=1S/C12H16N2O2/c1-9(2)14-12(16)6-7-13(14)10-4-3-5-11(15)8-10/h3-5,8-9,15H,6-7H2,1-2H3. The normalized spacial score (nSPS) is 16.3. The summed E-state index contributed by atoms with van der Waals surface area (Å²) in [6.45, 7) is 4.65. The summed E-state index contributed by atoms with van der Waals surface area (Å²) in [6, 6.07) is 7.12. The predicted octanol–water partition coefficient (Wildman–Crippen LogP) is 1.75. The van der Waals surface area contributed by atoms with E-state index in [1.807, 2.05) is 24.9 Å². The summed E-state index contributed by atoms with van der Waals surface area (Å²) < 4.78 is 0. The first-order valence-electron chi connectivity index (χ1n) is 5.48. The molecular weight excluding hydrogens is 204 g/mol. The van der Waals surface area contributed by atoms with Gasteiger partial charge in [-0.3, -0.25) is 14.8 Å². The molecule has 0 unspecified atom stereocenters. The topological polar surface area (TPSA) is 43.8 Å². The Balaban J connectivity index is 2.30. The quantitative estimate of drug-likeness (QED) is 0.825. The molecule has 2 rings (SSSR count). The number of rotatable bonds is 2. The molecule has 1 amide bonds.